The lowest BCUT2D eigenvalue weighted by atomic mass is 10.3. The Morgan fingerprint density at radius 2 is 2.17 bits per heavy atom. The maximum Gasteiger partial charge on any atom is 0.317 e. The molecule has 0 aromatic carbocycles. The molecular formula is C15H26N4O4. The van der Waals surface area contributed by atoms with Crippen molar-refractivity contribution in [2.45, 2.75) is 33.1 Å². The number of aromatic nitrogens is 1. The van der Waals surface area contributed by atoms with Crippen LogP contribution >= 0.6 is 0 Å². The van der Waals surface area contributed by atoms with Crippen molar-refractivity contribution >= 4 is 17.8 Å². The molecule has 1 rings (SSSR count). The Kier molecular flexibility index (Phi) is 9.46. The van der Waals surface area contributed by atoms with E-state index >= 15 is 0 Å². The molecule has 0 aliphatic carbocycles. The van der Waals surface area contributed by atoms with Crippen molar-refractivity contribution in [2.24, 2.45) is 0 Å². The van der Waals surface area contributed by atoms with Gasteiger partial charge in [0.15, 0.2) is 5.82 Å². The van der Waals surface area contributed by atoms with Crippen LogP contribution in [0.1, 0.15) is 33.1 Å². The Morgan fingerprint density at radius 1 is 1.35 bits per heavy atom. The number of hydrogen-bond donors (Lipinski definition) is 2. The standard InChI is InChI=1S/C15H26N4O4/c1-3-5-8-16-15(21)19(9-6-10-22-4-2)12-14(20)17-13-7-11-23-18-13/h7,11H,3-6,8-10,12H2,1-2H3,(H,16,21)(H,17,18,20). The lowest BCUT2D eigenvalue weighted by molar-refractivity contribution is -0.116. The Hall–Kier alpha value is -2.09. The van der Waals surface area contributed by atoms with Gasteiger partial charge < -0.3 is 24.8 Å². The molecule has 1 heterocycles. The number of urea groups is 1. The van der Waals surface area contributed by atoms with Crippen LogP contribution < -0.4 is 10.6 Å². The summed E-state index contributed by atoms with van der Waals surface area (Å²) in [6.07, 6.45) is 3.94. The molecule has 23 heavy (non-hydrogen) atoms. The van der Waals surface area contributed by atoms with Crippen LogP contribution in [0.4, 0.5) is 10.6 Å². The SMILES string of the molecule is CCCCNC(=O)N(CCCOCC)CC(=O)Nc1ccon1. The molecule has 1 aromatic rings. The molecule has 0 atom stereocenters. The van der Waals surface area contributed by atoms with Gasteiger partial charge >= 0.3 is 6.03 Å². The summed E-state index contributed by atoms with van der Waals surface area (Å²) in [4.78, 5) is 25.7. The van der Waals surface area contributed by atoms with E-state index in [1.807, 2.05) is 6.92 Å². The van der Waals surface area contributed by atoms with Crippen molar-refractivity contribution in [2.75, 3.05) is 38.2 Å². The van der Waals surface area contributed by atoms with E-state index in [4.69, 9.17) is 4.74 Å². The van der Waals surface area contributed by atoms with Crippen LogP contribution in [0.15, 0.2) is 16.9 Å². The number of hydrogen-bond acceptors (Lipinski definition) is 5. The summed E-state index contributed by atoms with van der Waals surface area (Å²) in [5.41, 5.74) is 0. The number of nitrogens with one attached hydrogen (secondary N) is 2. The van der Waals surface area contributed by atoms with Gasteiger partial charge in [-0.2, -0.15) is 0 Å². The van der Waals surface area contributed by atoms with Crippen LogP contribution in [0, 0.1) is 0 Å². The molecule has 8 heteroatoms. The summed E-state index contributed by atoms with van der Waals surface area (Å²) >= 11 is 0. The summed E-state index contributed by atoms with van der Waals surface area (Å²) in [5.74, 6) is 0.0107. The Bertz CT molecular complexity index is 450. The van der Waals surface area contributed by atoms with Gasteiger partial charge in [-0.3, -0.25) is 4.79 Å². The zero-order valence-corrected chi connectivity index (χ0v) is 13.8. The van der Waals surface area contributed by atoms with Gasteiger partial charge in [0.2, 0.25) is 5.91 Å². The Morgan fingerprint density at radius 3 is 2.83 bits per heavy atom. The van der Waals surface area contributed by atoms with Crippen LogP contribution in [0.25, 0.3) is 0 Å². The molecule has 2 N–H and O–H groups in total. The first-order valence-electron chi connectivity index (χ1n) is 7.98. The molecule has 0 unspecified atom stereocenters. The minimum atomic E-state index is -0.319. The second-order valence-corrected chi connectivity index (χ2v) is 4.99. The van der Waals surface area contributed by atoms with E-state index in [0.717, 1.165) is 12.8 Å². The first-order valence-corrected chi connectivity index (χ1v) is 7.98. The molecule has 0 saturated heterocycles. The van der Waals surface area contributed by atoms with Crippen molar-refractivity contribution in [3.8, 4) is 0 Å². The molecule has 130 valence electrons. The van der Waals surface area contributed by atoms with Crippen molar-refractivity contribution in [1.82, 2.24) is 15.4 Å². The van der Waals surface area contributed by atoms with E-state index in [9.17, 15) is 9.59 Å². The minimum Gasteiger partial charge on any atom is -0.382 e. The van der Waals surface area contributed by atoms with Gasteiger partial charge in [-0.25, -0.2) is 4.79 Å². The van der Waals surface area contributed by atoms with Gasteiger partial charge in [-0.15, -0.1) is 0 Å². The first kappa shape index (κ1) is 19.0. The van der Waals surface area contributed by atoms with Crippen LogP contribution in [0.5, 0.6) is 0 Å². The number of amides is 3. The fourth-order valence-corrected chi connectivity index (χ4v) is 1.87. The topological polar surface area (TPSA) is 96.7 Å². The first-order chi connectivity index (χ1) is 11.2. The number of carbonyl (C=O) groups excluding carboxylic acids is 2. The van der Waals surface area contributed by atoms with Crippen molar-refractivity contribution in [1.29, 1.82) is 0 Å². The van der Waals surface area contributed by atoms with Gasteiger partial charge in [-0.05, 0) is 19.8 Å². The summed E-state index contributed by atoms with van der Waals surface area (Å²) in [6.45, 7) is 6.16. The van der Waals surface area contributed by atoms with Crippen molar-refractivity contribution in [3.63, 3.8) is 0 Å². The van der Waals surface area contributed by atoms with Crippen molar-refractivity contribution < 1.29 is 18.8 Å². The summed E-state index contributed by atoms with van der Waals surface area (Å²) in [5, 5.41) is 9.01. The average molecular weight is 326 g/mol. The summed E-state index contributed by atoms with van der Waals surface area (Å²) in [6, 6.07) is 1.30. The number of nitrogens with zero attached hydrogens (tertiary/aromatic N) is 2. The fraction of sp³-hybridized carbons (Fsp3) is 0.667. The lowest BCUT2D eigenvalue weighted by Gasteiger charge is -2.22. The molecule has 0 spiro atoms. The zero-order chi connectivity index (χ0) is 16.9. The largest absolute Gasteiger partial charge is 0.382 e. The molecule has 0 saturated carbocycles. The average Bonchev–Trinajstić information content (AvgIpc) is 3.03. The molecule has 0 fully saturated rings. The van der Waals surface area contributed by atoms with Gasteiger partial charge in [-0.1, -0.05) is 18.5 Å². The van der Waals surface area contributed by atoms with Crippen LogP contribution in [0.3, 0.4) is 0 Å². The summed E-state index contributed by atoms with van der Waals surface area (Å²) in [7, 11) is 0. The summed E-state index contributed by atoms with van der Waals surface area (Å²) < 4.78 is 9.92. The van der Waals surface area contributed by atoms with Gasteiger partial charge in [0.05, 0.1) is 0 Å². The van der Waals surface area contributed by atoms with E-state index in [0.29, 0.717) is 38.5 Å². The van der Waals surface area contributed by atoms with E-state index < -0.39 is 0 Å². The fourth-order valence-electron chi connectivity index (χ4n) is 1.87. The molecular weight excluding hydrogens is 300 g/mol. The smallest absolute Gasteiger partial charge is 0.317 e. The second-order valence-electron chi connectivity index (χ2n) is 4.99. The maximum atomic E-state index is 12.2. The quantitative estimate of drug-likeness (QED) is 0.605. The van der Waals surface area contributed by atoms with E-state index in [-0.39, 0.29) is 18.5 Å². The van der Waals surface area contributed by atoms with Gasteiger partial charge in [0.1, 0.15) is 12.8 Å². The number of ether oxygens (including phenoxy) is 1. The number of unbranched alkanes of at least 4 members (excludes halogenated alkanes) is 1. The number of rotatable bonds is 11. The van der Waals surface area contributed by atoms with Crippen molar-refractivity contribution in [3.05, 3.63) is 12.3 Å². The van der Waals surface area contributed by atoms with E-state index in [1.165, 1.54) is 11.2 Å². The molecule has 1 aromatic heterocycles. The molecule has 0 aliphatic heterocycles. The normalized spacial score (nSPS) is 10.3. The molecule has 3 amide bonds. The van der Waals surface area contributed by atoms with E-state index in [1.54, 1.807) is 6.07 Å². The Balaban J connectivity index is 2.47. The predicted molar refractivity (Wildman–Crippen MR) is 86.1 cm³/mol. The zero-order valence-electron chi connectivity index (χ0n) is 13.8. The maximum absolute atomic E-state index is 12.2. The minimum absolute atomic E-state index is 0.0447. The molecule has 0 radical (unpaired) electrons. The van der Waals surface area contributed by atoms with E-state index in [2.05, 4.69) is 27.2 Å². The van der Waals surface area contributed by atoms with Gasteiger partial charge in [0.25, 0.3) is 0 Å². The van der Waals surface area contributed by atoms with Crippen LogP contribution in [-0.4, -0.2) is 54.8 Å². The lowest BCUT2D eigenvalue weighted by Crippen LogP contribution is -2.45. The van der Waals surface area contributed by atoms with Crippen LogP contribution in [-0.2, 0) is 9.53 Å². The third-order valence-corrected chi connectivity index (χ3v) is 3.05. The highest BCUT2D eigenvalue weighted by Gasteiger charge is 2.17. The molecule has 0 bridgehead atoms. The molecule has 0 aliphatic rings. The predicted octanol–water partition coefficient (Wildman–Crippen LogP) is 1.85. The van der Waals surface area contributed by atoms with Crippen LogP contribution in [0.2, 0.25) is 0 Å². The highest BCUT2D eigenvalue weighted by Crippen LogP contribution is 2.02. The number of anilines is 1. The van der Waals surface area contributed by atoms with Gasteiger partial charge in [0, 0.05) is 32.4 Å². The Labute approximate surface area is 136 Å². The number of carbonyl (C=O) groups is 2. The second kappa shape index (κ2) is 11.5. The third-order valence-electron chi connectivity index (χ3n) is 3.05. The molecule has 8 nitrogen and oxygen atoms in total. The highest BCUT2D eigenvalue weighted by atomic mass is 16.5. The monoisotopic (exact) mass is 326 g/mol. The highest BCUT2D eigenvalue weighted by molar-refractivity contribution is 5.93. The third kappa shape index (κ3) is 8.20.